The van der Waals surface area contributed by atoms with Gasteiger partial charge in [-0.1, -0.05) is 6.92 Å². The summed E-state index contributed by atoms with van der Waals surface area (Å²) in [6.45, 7) is 13.8. The first-order valence-electron chi connectivity index (χ1n) is 5.45. The van der Waals surface area contributed by atoms with Crippen molar-refractivity contribution in [2.75, 3.05) is 13.1 Å². The first kappa shape index (κ1) is 11.0. The van der Waals surface area contributed by atoms with Crippen LogP contribution in [0.25, 0.3) is 0 Å². The number of hydrogen-bond acceptors (Lipinski definition) is 2. The number of piperazine rings is 1. The van der Waals surface area contributed by atoms with Crippen molar-refractivity contribution in [2.45, 2.75) is 58.7 Å². The Labute approximate surface area is 82.7 Å². The summed E-state index contributed by atoms with van der Waals surface area (Å²) in [6.07, 6.45) is 1.25. The van der Waals surface area contributed by atoms with Crippen molar-refractivity contribution in [3.8, 4) is 0 Å². The fourth-order valence-electron chi connectivity index (χ4n) is 2.14. The van der Waals surface area contributed by atoms with Crippen LogP contribution in [-0.4, -0.2) is 35.6 Å². The molecule has 1 heterocycles. The molecule has 0 aromatic carbocycles. The molecule has 0 spiro atoms. The quantitative estimate of drug-likeness (QED) is 0.669. The van der Waals surface area contributed by atoms with E-state index in [1.165, 1.54) is 13.0 Å². The number of nitrogens with one attached hydrogen (secondary N) is 1. The van der Waals surface area contributed by atoms with Crippen LogP contribution in [-0.2, 0) is 0 Å². The lowest BCUT2D eigenvalue weighted by Crippen LogP contribution is -2.60. The van der Waals surface area contributed by atoms with E-state index in [0.717, 1.165) is 12.6 Å². The molecule has 2 nitrogen and oxygen atoms in total. The normalized spacial score (nSPS) is 32.1. The lowest BCUT2D eigenvalue weighted by molar-refractivity contribution is 0.0427. The highest BCUT2D eigenvalue weighted by atomic mass is 15.3. The van der Waals surface area contributed by atoms with E-state index in [-0.39, 0.29) is 0 Å². The monoisotopic (exact) mass is 184 g/mol. The molecule has 0 aromatic heterocycles. The largest absolute Gasteiger partial charge is 0.311 e. The third-order valence-corrected chi connectivity index (χ3v) is 2.95. The maximum absolute atomic E-state index is 3.54. The molecule has 0 bridgehead atoms. The summed E-state index contributed by atoms with van der Waals surface area (Å²) in [5.74, 6) is 0. The Morgan fingerprint density at radius 3 is 2.46 bits per heavy atom. The molecule has 0 amide bonds. The van der Waals surface area contributed by atoms with Gasteiger partial charge in [-0.25, -0.2) is 0 Å². The molecule has 2 unspecified atom stereocenters. The van der Waals surface area contributed by atoms with Gasteiger partial charge >= 0.3 is 0 Å². The van der Waals surface area contributed by atoms with E-state index in [9.17, 15) is 0 Å². The summed E-state index contributed by atoms with van der Waals surface area (Å²) in [5.41, 5.74) is 0.317. The minimum Gasteiger partial charge on any atom is -0.311 e. The van der Waals surface area contributed by atoms with Crippen LogP contribution in [0.1, 0.15) is 41.0 Å². The van der Waals surface area contributed by atoms with Crippen molar-refractivity contribution < 1.29 is 0 Å². The van der Waals surface area contributed by atoms with E-state index >= 15 is 0 Å². The van der Waals surface area contributed by atoms with Crippen molar-refractivity contribution in [3.63, 3.8) is 0 Å². The minimum absolute atomic E-state index is 0.317. The lowest BCUT2D eigenvalue weighted by Gasteiger charge is -2.46. The number of rotatable bonds is 1. The topological polar surface area (TPSA) is 15.3 Å². The maximum atomic E-state index is 3.54. The molecule has 1 aliphatic rings. The Balaban J connectivity index is 2.65. The zero-order chi connectivity index (χ0) is 10.1. The highest BCUT2D eigenvalue weighted by Crippen LogP contribution is 2.21. The molecular weight excluding hydrogens is 160 g/mol. The fraction of sp³-hybridized carbons (Fsp3) is 1.00. The average molecular weight is 184 g/mol. The highest BCUT2D eigenvalue weighted by Gasteiger charge is 2.31. The molecule has 13 heavy (non-hydrogen) atoms. The summed E-state index contributed by atoms with van der Waals surface area (Å²) < 4.78 is 0. The molecule has 0 aromatic rings. The third-order valence-electron chi connectivity index (χ3n) is 2.95. The van der Waals surface area contributed by atoms with Gasteiger partial charge in [-0.3, -0.25) is 4.90 Å². The van der Waals surface area contributed by atoms with Crippen molar-refractivity contribution >= 4 is 0 Å². The van der Waals surface area contributed by atoms with Crippen LogP contribution in [0.3, 0.4) is 0 Å². The van der Waals surface area contributed by atoms with Crippen LogP contribution < -0.4 is 5.32 Å². The molecule has 0 aliphatic carbocycles. The second-order valence-corrected chi connectivity index (χ2v) is 5.19. The summed E-state index contributed by atoms with van der Waals surface area (Å²) in [4.78, 5) is 2.63. The van der Waals surface area contributed by atoms with Gasteiger partial charge < -0.3 is 5.32 Å². The predicted octanol–water partition coefficient (Wildman–Crippen LogP) is 1.86. The predicted molar refractivity (Wildman–Crippen MR) is 58.0 cm³/mol. The van der Waals surface area contributed by atoms with Crippen molar-refractivity contribution in [1.29, 1.82) is 0 Å². The summed E-state index contributed by atoms with van der Waals surface area (Å²) in [6, 6.07) is 1.36. The van der Waals surface area contributed by atoms with Gasteiger partial charge in [-0.15, -0.1) is 0 Å². The average Bonchev–Trinajstić information content (AvgIpc) is 2.03. The first-order valence-corrected chi connectivity index (χ1v) is 5.45. The molecule has 1 rings (SSSR count). The van der Waals surface area contributed by atoms with Crippen LogP contribution in [0, 0.1) is 0 Å². The van der Waals surface area contributed by atoms with Crippen molar-refractivity contribution in [3.05, 3.63) is 0 Å². The third kappa shape index (κ3) is 2.68. The minimum atomic E-state index is 0.317. The van der Waals surface area contributed by atoms with Crippen molar-refractivity contribution in [2.24, 2.45) is 0 Å². The van der Waals surface area contributed by atoms with Gasteiger partial charge in [0.1, 0.15) is 0 Å². The molecule has 1 saturated heterocycles. The van der Waals surface area contributed by atoms with Gasteiger partial charge in [-0.05, 0) is 34.1 Å². The van der Waals surface area contributed by atoms with E-state index in [0.29, 0.717) is 11.6 Å². The zero-order valence-corrected chi connectivity index (χ0v) is 9.72. The Morgan fingerprint density at radius 2 is 2.00 bits per heavy atom. The van der Waals surface area contributed by atoms with Crippen LogP contribution in [0.4, 0.5) is 0 Å². The van der Waals surface area contributed by atoms with Crippen molar-refractivity contribution in [1.82, 2.24) is 10.2 Å². The molecule has 78 valence electrons. The van der Waals surface area contributed by atoms with E-state index in [1.54, 1.807) is 0 Å². The van der Waals surface area contributed by atoms with Crippen LogP contribution >= 0.6 is 0 Å². The van der Waals surface area contributed by atoms with E-state index in [4.69, 9.17) is 0 Å². The number of hydrogen-bond donors (Lipinski definition) is 1. The molecular formula is C11H24N2. The van der Waals surface area contributed by atoms with Gasteiger partial charge in [-0.2, -0.15) is 0 Å². The molecule has 0 radical (unpaired) electrons. The first-order chi connectivity index (χ1) is 5.95. The summed E-state index contributed by atoms with van der Waals surface area (Å²) in [5, 5.41) is 3.54. The molecule has 1 fully saturated rings. The van der Waals surface area contributed by atoms with Gasteiger partial charge in [0.05, 0.1) is 0 Å². The fourth-order valence-corrected chi connectivity index (χ4v) is 2.14. The molecule has 1 aliphatic heterocycles. The second kappa shape index (κ2) is 3.97. The van der Waals surface area contributed by atoms with Gasteiger partial charge in [0.2, 0.25) is 0 Å². The Hall–Kier alpha value is -0.0800. The standard InChI is InChI=1S/C11H24N2/c1-6-10-7-12-9(2)8-13(10)11(3,4)5/h9-10,12H,6-8H2,1-5H3. The molecule has 2 heteroatoms. The molecule has 0 saturated carbocycles. The van der Waals surface area contributed by atoms with Crippen LogP contribution in [0.5, 0.6) is 0 Å². The van der Waals surface area contributed by atoms with Crippen LogP contribution in [0.15, 0.2) is 0 Å². The Bertz CT molecular complexity index is 160. The Morgan fingerprint density at radius 1 is 1.38 bits per heavy atom. The SMILES string of the molecule is CCC1CNC(C)CN1C(C)(C)C. The summed E-state index contributed by atoms with van der Waals surface area (Å²) >= 11 is 0. The zero-order valence-electron chi connectivity index (χ0n) is 9.72. The smallest absolute Gasteiger partial charge is 0.0223 e. The second-order valence-electron chi connectivity index (χ2n) is 5.19. The van der Waals surface area contributed by atoms with Gasteiger partial charge in [0.15, 0.2) is 0 Å². The summed E-state index contributed by atoms with van der Waals surface area (Å²) in [7, 11) is 0. The highest BCUT2D eigenvalue weighted by molar-refractivity contribution is 4.90. The van der Waals surface area contributed by atoms with E-state index < -0.39 is 0 Å². The lowest BCUT2D eigenvalue weighted by atomic mass is 9.97. The maximum Gasteiger partial charge on any atom is 0.0223 e. The van der Waals surface area contributed by atoms with Crippen LogP contribution in [0.2, 0.25) is 0 Å². The van der Waals surface area contributed by atoms with Gasteiger partial charge in [0.25, 0.3) is 0 Å². The van der Waals surface area contributed by atoms with E-state index in [1.807, 2.05) is 0 Å². The molecule has 1 N–H and O–H groups in total. The number of nitrogens with zero attached hydrogens (tertiary/aromatic N) is 1. The molecule has 2 atom stereocenters. The van der Waals surface area contributed by atoms with Gasteiger partial charge in [0, 0.05) is 30.7 Å². The Kier molecular flexibility index (Phi) is 3.36. The van der Waals surface area contributed by atoms with E-state index in [2.05, 4.69) is 44.8 Å².